The quantitative estimate of drug-likeness (QED) is 0.289. The van der Waals surface area contributed by atoms with E-state index in [1.807, 2.05) is 57.1 Å². The number of aryl methyl sites for hydroxylation is 1. The maximum absolute atomic E-state index is 13.5. The minimum Gasteiger partial charge on any atom is -0.507 e. The van der Waals surface area contributed by atoms with E-state index in [0.29, 0.717) is 42.2 Å². The Kier molecular flexibility index (Phi) is 8.69. The second-order valence-corrected chi connectivity index (χ2v) is 10.8. The van der Waals surface area contributed by atoms with Gasteiger partial charge < -0.3 is 24.4 Å². The SMILES string of the molecule is CCOc1ccc(C2/C(=C(\O)c3cc(C(C)(C)C)ccc3C)C(=O)C(=O)N2CCCN(C)C)cc1OC. The molecule has 0 radical (unpaired) electrons. The molecule has 1 fully saturated rings. The molecule has 1 unspecified atom stereocenters. The number of aliphatic hydroxyl groups excluding tert-OH is 1. The Balaban J connectivity index is 2.22. The lowest BCUT2D eigenvalue weighted by atomic mass is 9.84. The zero-order chi connectivity index (χ0) is 27.5. The number of amides is 1. The number of aliphatic hydroxyl groups is 1. The molecule has 0 saturated carbocycles. The molecule has 0 spiro atoms. The molecule has 37 heavy (non-hydrogen) atoms. The van der Waals surface area contributed by atoms with Gasteiger partial charge in [-0.1, -0.05) is 39.0 Å². The van der Waals surface area contributed by atoms with Crippen molar-refractivity contribution in [3.8, 4) is 11.5 Å². The summed E-state index contributed by atoms with van der Waals surface area (Å²) >= 11 is 0. The number of ketones is 1. The number of carbonyl (C=O) groups excluding carboxylic acids is 2. The summed E-state index contributed by atoms with van der Waals surface area (Å²) < 4.78 is 11.2. The van der Waals surface area contributed by atoms with Gasteiger partial charge in [-0.25, -0.2) is 0 Å². The van der Waals surface area contributed by atoms with Gasteiger partial charge in [0.25, 0.3) is 11.7 Å². The first-order chi connectivity index (χ1) is 17.4. The van der Waals surface area contributed by atoms with E-state index in [2.05, 4.69) is 20.8 Å². The number of methoxy groups -OCH3 is 1. The van der Waals surface area contributed by atoms with Crippen molar-refractivity contribution in [3.05, 3.63) is 64.2 Å². The molecule has 200 valence electrons. The first-order valence-electron chi connectivity index (χ1n) is 12.8. The molecule has 1 aliphatic heterocycles. The summed E-state index contributed by atoms with van der Waals surface area (Å²) in [5, 5.41) is 11.6. The lowest BCUT2D eigenvalue weighted by Crippen LogP contribution is -2.32. The highest BCUT2D eigenvalue weighted by Crippen LogP contribution is 2.42. The minimum absolute atomic E-state index is 0.0928. The summed E-state index contributed by atoms with van der Waals surface area (Å²) in [4.78, 5) is 30.4. The Hall–Kier alpha value is -3.32. The summed E-state index contributed by atoms with van der Waals surface area (Å²) in [6, 6.07) is 10.5. The van der Waals surface area contributed by atoms with Gasteiger partial charge in [-0.15, -0.1) is 0 Å². The highest BCUT2D eigenvalue weighted by Gasteiger charge is 2.46. The molecule has 1 aliphatic rings. The van der Waals surface area contributed by atoms with Gasteiger partial charge in [0.05, 0.1) is 25.3 Å². The average molecular weight is 509 g/mol. The predicted octanol–water partition coefficient (Wildman–Crippen LogP) is 5.07. The van der Waals surface area contributed by atoms with Crippen molar-refractivity contribution in [2.75, 3.05) is 40.9 Å². The number of Topliss-reactive ketones (excluding diaryl/α,β-unsaturated/α-hetero) is 1. The van der Waals surface area contributed by atoms with Crippen LogP contribution in [-0.2, 0) is 15.0 Å². The molecule has 1 amide bonds. The zero-order valence-corrected chi connectivity index (χ0v) is 23.3. The van der Waals surface area contributed by atoms with Crippen molar-refractivity contribution < 1.29 is 24.2 Å². The van der Waals surface area contributed by atoms with Crippen LogP contribution < -0.4 is 9.47 Å². The van der Waals surface area contributed by atoms with Crippen LogP contribution >= 0.6 is 0 Å². The fourth-order valence-corrected chi connectivity index (χ4v) is 4.63. The number of carbonyl (C=O) groups is 2. The second-order valence-electron chi connectivity index (χ2n) is 10.8. The maximum Gasteiger partial charge on any atom is 0.295 e. The molecule has 0 aromatic heterocycles. The Morgan fingerprint density at radius 1 is 1.08 bits per heavy atom. The van der Waals surface area contributed by atoms with Crippen LogP contribution in [-0.4, -0.2) is 67.5 Å². The topological polar surface area (TPSA) is 79.3 Å². The molecule has 1 saturated heterocycles. The Morgan fingerprint density at radius 2 is 1.78 bits per heavy atom. The summed E-state index contributed by atoms with van der Waals surface area (Å²) in [6.07, 6.45) is 0.684. The van der Waals surface area contributed by atoms with E-state index >= 15 is 0 Å². The van der Waals surface area contributed by atoms with Crippen LogP contribution in [0.5, 0.6) is 11.5 Å². The molecular weight excluding hydrogens is 468 g/mol. The van der Waals surface area contributed by atoms with E-state index in [9.17, 15) is 14.7 Å². The molecule has 2 aromatic carbocycles. The number of hydrogen-bond donors (Lipinski definition) is 1. The van der Waals surface area contributed by atoms with Crippen LogP contribution in [0.25, 0.3) is 5.76 Å². The number of ether oxygens (including phenoxy) is 2. The normalized spacial score (nSPS) is 17.5. The van der Waals surface area contributed by atoms with E-state index in [0.717, 1.165) is 17.7 Å². The highest BCUT2D eigenvalue weighted by atomic mass is 16.5. The van der Waals surface area contributed by atoms with Gasteiger partial charge in [-0.3, -0.25) is 9.59 Å². The molecule has 1 N–H and O–H groups in total. The lowest BCUT2D eigenvalue weighted by Gasteiger charge is -2.27. The van der Waals surface area contributed by atoms with E-state index in [1.54, 1.807) is 24.1 Å². The zero-order valence-electron chi connectivity index (χ0n) is 23.3. The number of nitrogens with zero attached hydrogens (tertiary/aromatic N) is 2. The van der Waals surface area contributed by atoms with Gasteiger partial charge in [-0.2, -0.15) is 0 Å². The van der Waals surface area contributed by atoms with Crippen LogP contribution in [0.15, 0.2) is 42.0 Å². The van der Waals surface area contributed by atoms with Gasteiger partial charge in [0.2, 0.25) is 0 Å². The van der Waals surface area contributed by atoms with Crippen molar-refractivity contribution in [1.82, 2.24) is 9.80 Å². The molecule has 7 nitrogen and oxygen atoms in total. The fourth-order valence-electron chi connectivity index (χ4n) is 4.63. The van der Waals surface area contributed by atoms with Crippen molar-refractivity contribution in [3.63, 3.8) is 0 Å². The third kappa shape index (κ3) is 5.99. The van der Waals surface area contributed by atoms with Gasteiger partial charge in [-0.05, 0) is 81.2 Å². The van der Waals surface area contributed by atoms with Crippen LogP contribution in [0.2, 0.25) is 0 Å². The predicted molar refractivity (Wildman–Crippen MR) is 146 cm³/mol. The monoisotopic (exact) mass is 508 g/mol. The molecule has 0 aliphatic carbocycles. The van der Waals surface area contributed by atoms with E-state index in [-0.39, 0.29) is 16.7 Å². The molecule has 1 heterocycles. The molecule has 7 heteroatoms. The van der Waals surface area contributed by atoms with Gasteiger partial charge in [0.15, 0.2) is 11.5 Å². The lowest BCUT2D eigenvalue weighted by molar-refractivity contribution is -0.139. The minimum atomic E-state index is -0.746. The van der Waals surface area contributed by atoms with Gasteiger partial charge in [0, 0.05) is 12.1 Å². The maximum atomic E-state index is 13.5. The average Bonchev–Trinajstić information content (AvgIpc) is 3.08. The smallest absolute Gasteiger partial charge is 0.295 e. The molecule has 2 aromatic rings. The van der Waals surface area contributed by atoms with Gasteiger partial charge >= 0.3 is 0 Å². The summed E-state index contributed by atoms with van der Waals surface area (Å²) in [5.74, 6) is -0.366. The van der Waals surface area contributed by atoms with Crippen LogP contribution in [0.1, 0.15) is 62.4 Å². The van der Waals surface area contributed by atoms with Crippen molar-refractivity contribution in [2.45, 2.75) is 52.5 Å². The van der Waals surface area contributed by atoms with Crippen LogP contribution in [0.4, 0.5) is 0 Å². The molecular formula is C30H40N2O5. The largest absolute Gasteiger partial charge is 0.507 e. The first-order valence-corrected chi connectivity index (χ1v) is 12.8. The number of benzene rings is 2. The third-order valence-electron chi connectivity index (χ3n) is 6.71. The third-order valence-corrected chi connectivity index (χ3v) is 6.71. The van der Waals surface area contributed by atoms with Crippen LogP contribution in [0.3, 0.4) is 0 Å². The summed E-state index contributed by atoms with van der Waals surface area (Å²) in [7, 11) is 5.48. The van der Waals surface area contributed by atoms with E-state index < -0.39 is 17.7 Å². The Bertz CT molecular complexity index is 1190. The van der Waals surface area contributed by atoms with Crippen LogP contribution in [0, 0.1) is 6.92 Å². The first kappa shape index (κ1) is 28.3. The summed E-state index contributed by atoms with van der Waals surface area (Å²) in [5.41, 5.74) is 3.03. The van der Waals surface area contributed by atoms with Gasteiger partial charge in [0.1, 0.15) is 5.76 Å². The fraction of sp³-hybridized carbons (Fsp3) is 0.467. The standard InChI is InChI=1S/C30H40N2O5/c1-9-37-23-14-12-20(17-24(23)36-8)26-25(28(34)29(35)32(26)16-10-15-31(6)7)27(33)22-18-21(30(3,4)5)13-11-19(22)2/h11-14,17-18,26,33H,9-10,15-16H2,1-8H3/b27-25+. The molecule has 1 atom stereocenters. The Labute approximate surface area is 220 Å². The number of likely N-dealkylation sites (tertiary alicyclic amines) is 1. The Morgan fingerprint density at radius 3 is 2.38 bits per heavy atom. The summed E-state index contributed by atoms with van der Waals surface area (Å²) in [6.45, 7) is 11.7. The highest BCUT2D eigenvalue weighted by molar-refractivity contribution is 6.46. The second kappa shape index (κ2) is 11.4. The van der Waals surface area contributed by atoms with Crippen molar-refractivity contribution in [1.29, 1.82) is 0 Å². The van der Waals surface area contributed by atoms with E-state index in [4.69, 9.17) is 9.47 Å². The number of hydrogen-bond acceptors (Lipinski definition) is 6. The molecule has 3 rings (SSSR count). The van der Waals surface area contributed by atoms with Crippen molar-refractivity contribution >= 4 is 17.4 Å². The van der Waals surface area contributed by atoms with Crippen molar-refractivity contribution in [2.24, 2.45) is 0 Å². The number of rotatable bonds is 9. The van der Waals surface area contributed by atoms with E-state index in [1.165, 1.54) is 0 Å². The molecule has 0 bridgehead atoms.